The molecule has 4 heteroatoms. The molecule has 0 amide bonds. The lowest BCUT2D eigenvalue weighted by molar-refractivity contribution is -0.147. The third kappa shape index (κ3) is 12.0. The van der Waals surface area contributed by atoms with Crippen LogP contribution in [0.15, 0.2) is 0 Å². The fourth-order valence-corrected chi connectivity index (χ4v) is 2.59. The van der Waals surface area contributed by atoms with Gasteiger partial charge in [-0.1, -0.05) is 77.6 Å². The number of nitrogens with two attached hydrogens (primary N) is 1. The Labute approximate surface area is 136 Å². The summed E-state index contributed by atoms with van der Waals surface area (Å²) in [4.78, 5) is 11.4. The van der Waals surface area contributed by atoms with Crippen LogP contribution in [0.3, 0.4) is 0 Å². The highest BCUT2D eigenvalue weighted by molar-refractivity contribution is 5.76. The second-order valence-corrected chi connectivity index (χ2v) is 6.17. The Morgan fingerprint density at radius 2 is 1.36 bits per heavy atom. The third-order valence-corrected chi connectivity index (χ3v) is 4.08. The fraction of sp³-hybridized carbons (Fsp3) is 0.944. The van der Waals surface area contributed by atoms with Crippen LogP contribution in [0.5, 0.6) is 0 Å². The average molecular weight is 315 g/mol. The number of unbranched alkanes of at least 4 members (excludes halogenated alkanes) is 10. The first-order valence-corrected chi connectivity index (χ1v) is 9.23. The minimum atomic E-state index is -0.900. The van der Waals surface area contributed by atoms with Crippen molar-refractivity contribution in [3.63, 3.8) is 0 Å². The minimum Gasteiger partial charge on any atom is -0.465 e. The van der Waals surface area contributed by atoms with E-state index in [1.807, 2.05) is 0 Å². The molecule has 0 saturated heterocycles. The lowest BCUT2D eigenvalue weighted by Crippen LogP contribution is -2.43. The normalized spacial score (nSPS) is 13.8. The molecule has 0 fully saturated rings. The summed E-state index contributed by atoms with van der Waals surface area (Å²) in [5.41, 5.74) is 5.65. The summed E-state index contributed by atoms with van der Waals surface area (Å²) < 4.78 is 4.81. The Bertz CT molecular complexity index is 259. The number of esters is 1. The first-order chi connectivity index (χ1) is 10.6. The van der Waals surface area contributed by atoms with Gasteiger partial charge in [-0.15, -0.1) is 0 Å². The van der Waals surface area contributed by atoms with E-state index < -0.39 is 18.1 Å². The minimum absolute atomic E-state index is 0.303. The second-order valence-electron chi connectivity index (χ2n) is 6.17. The highest BCUT2D eigenvalue weighted by atomic mass is 16.5. The van der Waals surface area contributed by atoms with Crippen LogP contribution in [-0.2, 0) is 9.53 Å². The number of aliphatic hydroxyl groups excluding tert-OH is 1. The first kappa shape index (κ1) is 21.4. The molecule has 0 aliphatic carbocycles. The van der Waals surface area contributed by atoms with Crippen molar-refractivity contribution in [3.05, 3.63) is 0 Å². The van der Waals surface area contributed by atoms with E-state index in [0.29, 0.717) is 13.0 Å². The van der Waals surface area contributed by atoms with Gasteiger partial charge < -0.3 is 15.6 Å². The van der Waals surface area contributed by atoms with Crippen molar-refractivity contribution in [2.75, 3.05) is 6.61 Å². The van der Waals surface area contributed by atoms with Gasteiger partial charge in [0.15, 0.2) is 0 Å². The molecule has 3 N–H and O–H groups in total. The summed E-state index contributed by atoms with van der Waals surface area (Å²) in [6.07, 6.45) is 13.8. The Kier molecular flexibility index (Phi) is 14.9. The molecule has 0 saturated carbocycles. The largest absolute Gasteiger partial charge is 0.465 e. The summed E-state index contributed by atoms with van der Waals surface area (Å²) >= 11 is 0. The van der Waals surface area contributed by atoms with E-state index in [1.165, 1.54) is 57.8 Å². The number of carbonyl (C=O) groups excluding carboxylic acids is 1. The first-order valence-electron chi connectivity index (χ1n) is 9.23. The monoisotopic (exact) mass is 315 g/mol. The maximum absolute atomic E-state index is 11.4. The lowest BCUT2D eigenvalue weighted by atomic mass is 10.0. The maximum atomic E-state index is 11.4. The van der Waals surface area contributed by atoms with Crippen LogP contribution >= 0.6 is 0 Å². The van der Waals surface area contributed by atoms with Gasteiger partial charge in [0.2, 0.25) is 0 Å². The van der Waals surface area contributed by atoms with Gasteiger partial charge >= 0.3 is 5.97 Å². The predicted molar refractivity (Wildman–Crippen MR) is 91.7 cm³/mol. The van der Waals surface area contributed by atoms with Crippen LogP contribution in [0.25, 0.3) is 0 Å². The molecule has 4 nitrogen and oxygen atoms in total. The molecule has 2 atom stereocenters. The second kappa shape index (κ2) is 15.3. The van der Waals surface area contributed by atoms with Crippen molar-refractivity contribution < 1.29 is 14.6 Å². The molecular weight excluding hydrogens is 278 g/mol. The van der Waals surface area contributed by atoms with Gasteiger partial charge in [-0.3, -0.25) is 4.79 Å². The number of hydrogen-bond acceptors (Lipinski definition) is 4. The fourth-order valence-electron chi connectivity index (χ4n) is 2.59. The molecule has 0 aromatic heterocycles. The molecule has 0 unspecified atom stereocenters. The van der Waals surface area contributed by atoms with E-state index >= 15 is 0 Å². The van der Waals surface area contributed by atoms with E-state index in [0.717, 1.165) is 12.8 Å². The Morgan fingerprint density at radius 1 is 0.909 bits per heavy atom. The van der Waals surface area contributed by atoms with Crippen molar-refractivity contribution in [2.24, 2.45) is 5.73 Å². The summed E-state index contributed by atoms with van der Waals surface area (Å²) in [5.74, 6) is -0.502. The van der Waals surface area contributed by atoms with Crippen LogP contribution < -0.4 is 5.73 Å². The molecule has 132 valence electrons. The van der Waals surface area contributed by atoms with Gasteiger partial charge in [0.25, 0.3) is 0 Å². The van der Waals surface area contributed by atoms with Gasteiger partial charge in [0.05, 0.1) is 12.7 Å². The van der Waals surface area contributed by atoms with Gasteiger partial charge in [-0.25, -0.2) is 0 Å². The van der Waals surface area contributed by atoms with Crippen molar-refractivity contribution in [2.45, 2.75) is 103 Å². The lowest BCUT2D eigenvalue weighted by Gasteiger charge is -2.17. The van der Waals surface area contributed by atoms with Crippen LogP contribution in [0.1, 0.15) is 90.9 Å². The van der Waals surface area contributed by atoms with Gasteiger partial charge in [0, 0.05) is 0 Å². The molecule has 0 radical (unpaired) electrons. The SMILES string of the molecule is CCCCCCCCCCCCC[C@@H](O)[C@@H](N)C(=O)OCC. The molecule has 0 aromatic rings. The van der Waals surface area contributed by atoms with Gasteiger partial charge in [0.1, 0.15) is 6.04 Å². The molecule has 0 aliphatic rings. The predicted octanol–water partition coefficient (Wildman–Crippen LogP) is 3.94. The molecule has 0 heterocycles. The van der Waals surface area contributed by atoms with Crippen molar-refractivity contribution in [3.8, 4) is 0 Å². The Hall–Kier alpha value is -0.610. The highest BCUT2D eigenvalue weighted by Gasteiger charge is 2.23. The molecular formula is C18H37NO3. The number of rotatable bonds is 15. The maximum Gasteiger partial charge on any atom is 0.325 e. The zero-order valence-electron chi connectivity index (χ0n) is 14.7. The topological polar surface area (TPSA) is 72.5 Å². The zero-order chi connectivity index (χ0) is 16.6. The molecule has 0 rings (SSSR count). The number of hydrogen-bond donors (Lipinski definition) is 2. The molecule has 0 aliphatic heterocycles. The number of carbonyl (C=O) groups is 1. The Balaban J connectivity index is 3.36. The summed E-state index contributed by atoms with van der Waals surface area (Å²) in [6, 6.07) is -0.900. The zero-order valence-corrected chi connectivity index (χ0v) is 14.7. The highest BCUT2D eigenvalue weighted by Crippen LogP contribution is 2.13. The summed E-state index contributed by atoms with van der Waals surface area (Å²) in [5, 5.41) is 9.83. The van der Waals surface area contributed by atoms with E-state index in [2.05, 4.69) is 6.92 Å². The van der Waals surface area contributed by atoms with E-state index in [9.17, 15) is 9.90 Å². The summed E-state index contributed by atoms with van der Waals surface area (Å²) in [6.45, 7) is 4.29. The van der Waals surface area contributed by atoms with E-state index in [-0.39, 0.29) is 0 Å². The van der Waals surface area contributed by atoms with E-state index in [1.54, 1.807) is 6.92 Å². The van der Waals surface area contributed by atoms with Crippen LogP contribution in [0.2, 0.25) is 0 Å². The van der Waals surface area contributed by atoms with Crippen LogP contribution in [0, 0.1) is 0 Å². The Morgan fingerprint density at radius 3 is 1.82 bits per heavy atom. The standard InChI is InChI=1S/C18H37NO3/c1-3-5-6-7-8-9-10-11-12-13-14-15-16(20)17(19)18(21)22-4-2/h16-17,20H,3-15,19H2,1-2H3/t16-,17-/m1/s1. The van der Waals surface area contributed by atoms with Crippen molar-refractivity contribution in [1.29, 1.82) is 0 Å². The number of ether oxygens (including phenoxy) is 1. The smallest absolute Gasteiger partial charge is 0.325 e. The number of aliphatic hydroxyl groups is 1. The summed E-state index contributed by atoms with van der Waals surface area (Å²) in [7, 11) is 0. The van der Waals surface area contributed by atoms with Gasteiger partial charge in [-0.2, -0.15) is 0 Å². The average Bonchev–Trinajstić information content (AvgIpc) is 2.51. The van der Waals surface area contributed by atoms with E-state index in [4.69, 9.17) is 10.5 Å². The molecule has 22 heavy (non-hydrogen) atoms. The molecule has 0 bridgehead atoms. The van der Waals surface area contributed by atoms with Crippen molar-refractivity contribution in [1.82, 2.24) is 0 Å². The van der Waals surface area contributed by atoms with Crippen LogP contribution in [-0.4, -0.2) is 29.8 Å². The third-order valence-electron chi connectivity index (χ3n) is 4.08. The molecule has 0 aromatic carbocycles. The van der Waals surface area contributed by atoms with Crippen molar-refractivity contribution >= 4 is 5.97 Å². The quantitative estimate of drug-likeness (QED) is 0.355. The van der Waals surface area contributed by atoms with Gasteiger partial charge in [-0.05, 0) is 13.3 Å². The van der Waals surface area contributed by atoms with Crippen LogP contribution in [0.4, 0.5) is 0 Å². The molecule has 0 spiro atoms.